The number of hydrogen-bond acceptors (Lipinski definition) is 1. The Hall–Kier alpha value is -0.300. The van der Waals surface area contributed by atoms with Crippen LogP contribution in [0.25, 0.3) is 0 Å². The molecule has 0 fully saturated rings. The third kappa shape index (κ3) is 53.6. The second-order valence-corrected chi connectivity index (χ2v) is 2.92. The Balaban J connectivity index is -0.000000112. The molecule has 0 aliphatic heterocycles. The summed E-state index contributed by atoms with van der Waals surface area (Å²) in [4.78, 5) is 0. The number of nitrogens with one attached hydrogen (secondary N) is 1. The summed E-state index contributed by atoms with van der Waals surface area (Å²) in [5, 5.41) is 3.03. The van der Waals surface area contributed by atoms with Gasteiger partial charge in [-0.15, -0.1) is 6.58 Å². The highest BCUT2D eigenvalue weighted by atomic mass is 14.8. The molecule has 76 valence electrons. The lowest BCUT2D eigenvalue weighted by molar-refractivity contribution is 0.668. The van der Waals surface area contributed by atoms with E-state index in [-0.39, 0.29) is 0 Å². The molecule has 0 saturated heterocycles. The van der Waals surface area contributed by atoms with E-state index in [1.165, 1.54) is 0 Å². The zero-order valence-electron chi connectivity index (χ0n) is 9.94. The molecule has 1 nitrogen and oxygen atoms in total. The summed E-state index contributed by atoms with van der Waals surface area (Å²) < 4.78 is 0. The average Bonchev–Trinajstić information content (AvgIpc) is 2.09. The predicted octanol–water partition coefficient (Wildman–Crippen LogP) is 3.47. The predicted molar refractivity (Wildman–Crippen MR) is 60.6 cm³/mol. The van der Waals surface area contributed by atoms with Crippen LogP contribution in [0.5, 0.6) is 0 Å². The molecule has 1 N–H and O–H groups in total. The van der Waals surface area contributed by atoms with Crippen molar-refractivity contribution in [2.24, 2.45) is 5.92 Å². The van der Waals surface area contributed by atoms with Crippen LogP contribution in [0.15, 0.2) is 12.7 Å². The minimum atomic E-state index is 0.634. The van der Waals surface area contributed by atoms with Gasteiger partial charge in [0.15, 0.2) is 0 Å². The molecule has 0 spiro atoms. The van der Waals surface area contributed by atoms with Crippen LogP contribution in [0.2, 0.25) is 0 Å². The molecule has 0 aromatic heterocycles. The largest absolute Gasteiger partial charge is 0.318 e. The fourth-order valence-electron chi connectivity index (χ4n) is 0. The van der Waals surface area contributed by atoms with Gasteiger partial charge in [0, 0.05) is 6.04 Å². The Kier molecular flexibility index (Phi) is 25.0. The van der Waals surface area contributed by atoms with Gasteiger partial charge in [-0.25, -0.2) is 0 Å². The van der Waals surface area contributed by atoms with Crippen molar-refractivity contribution in [2.45, 2.75) is 47.6 Å². The van der Waals surface area contributed by atoms with Crippen LogP contribution in [-0.4, -0.2) is 13.1 Å². The van der Waals surface area contributed by atoms with Gasteiger partial charge >= 0.3 is 0 Å². The van der Waals surface area contributed by atoms with Crippen molar-refractivity contribution in [1.82, 2.24) is 5.32 Å². The standard InChI is InChI=1S/C5H10.C4H11N.C2H6/c1-4-5(2)3;1-4(2)5-3;1-2/h4-5H,1H2,2-3H3;4-5H,1-3H3;1-2H3. The highest BCUT2D eigenvalue weighted by Crippen LogP contribution is 1.87. The quantitative estimate of drug-likeness (QED) is 0.630. The fourth-order valence-corrected chi connectivity index (χ4v) is 0. The van der Waals surface area contributed by atoms with E-state index in [0.29, 0.717) is 12.0 Å². The molecule has 0 amide bonds. The Bertz CT molecular complexity index is 65.4. The molecule has 0 aromatic carbocycles. The lowest BCUT2D eigenvalue weighted by Gasteiger charge is -1.95. The van der Waals surface area contributed by atoms with Crippen molar-refractivity contribution >= 4 is 0 Å². The van der Waals surface area contributed by atoms with Gasteiger partial charge in [0.2, 0.25) is 0 Å². The van der Waals surface area contributed by atoms with Crippen LogP contribution >= 0.6 is 0 Å². The average molecular weight is 173 g/mol. The minimum Gasteiger partial charge on any atom is -0.318 e. The monoisotopic (exact) mass is 173 g/mol. The molecule has 0 aliphatic carbocycles. The molecule has 0 radical (unpaired) electrons. The summed E-state index contributed by atoms with van der Waals surface area (Å²) in [5.74, 6) is 0.648. The van der Waals surface area contributed by atoms with E-state index in [9.17, 15) is 0 Å². The first-order valence-corrected chi connectivity index (χ1v) is 4.84. The molecular formula is C11H27N. The van der Waals surface area contributed by atoms with Gasteiger partial charge in [0.25, 0.3) is 0 Å². The number of allylic oxidation sites excluding steroid dienone is 1. The SMILES string of the molecule is C=CC(C)C.CC.CNC(C)C. The van der Waals surface area contributed by atoms with Crippen molar-refractivity contribution in [3.8, 4) is 0 Å². The summed E-state index contributed by atoms with van der Waals surface area (Å²) in [6.07, 6.45) is 1.92. The van der Waals surface area contributed by atoms with Crippen molar-refractivity contribution < 1.29 is 0 Å². The third-order valence-corrected chi connectivity index (χ3v) is 1.05. The molecule has 0 bridgehead atoms. The number of hydrogen-bond donors (Lipinski definition) is 1. The summed E-state index contributed by atoms with van der Waals surface area (Å²) in [6, 6.07) is 0.634. The van der Waals surface area contributed by atoms with Gasteiger partial charge in [0.05, 0.1) is 0 Å². The zero-order valence-corrected chi connectivity index (χ0v) is 9.94. The van der Waals surface area contributed by atoms with E-state index >= 15 is 0 Å². The maximum absolute atomic E-state index is 3.56. The second kappa shape index (κ2) is 17.0. The molecule has 1 heteroatoms. The van der Waals surface area contributed by atoms with Gasteiger partial charge < -0.3 is 5.32 Å². The second-order valence-electron chi connectivity index (χ2n) is 2.92. The first kappa shape index (κ1) is 17.7. The molecule has 0 heterocycles. The van der Waals surface area contributed by atoms with Crippen LogP contribution in [0.1, 0.15) is 41.5 Å². The molecular weight excluding hydrogens is 146 g/mol. The van der Waals surface area contributed by atoms with Gasteiger partial charge in [-0.3, -0.25) is 0 Å². The maximum atomic E-state index is 3.56. The smallest absolute Gasteiger partial charge is 0.000733 e. The molecule has 0 rings (SSSR count). The summed E-state index contributed by atoms with van der Waals surface area (Å²) in [5.41, 5.74) is 0. The number of rotatable bonds is 2. The molecule has 0 saturated carbocycles. The lowest BCUT2D eigenvalue weighted by Crippen LogP contribution is -2.15. The Labute approximate surface area is 79.3 Å². The maximum Gasteiger partial charge on any atom is 0.000733 e. The topological polar surface area (TPSA) is 12.0 Å². The van der Waals surface area contributed by atoms with Gasteiger partial charge in [-0.1, -0.05) is 47.6 Å². The lowest BCUT2D eigenvalue weighted by atomic mass is 10.2. The highest BCUT2D eigenvalue weighted by molar-refractivity contribution is 4.69. The molecule has 0 aliphatic rings. The van der Waals surface area contributed by atoms with E-state index in [2.05, 4.69) is 39.6 Å². The van der Waals surface area contributed by atoms with E-state index in [1.54, 1.807) is 0 Å². The molecule has 0 unspecified atom stereocenters. The fraction of sp³-hybridized carbons (Fsp3) is 0.818. The first-order valence-electron chi connectivity index (χ1n) is 4.84. The first-order chi connectivity index (χ1) is 5.54. The Morgan fingerprint density at radius 1 is 1.08 bits per heavy atom. The minimum absolute atomic E-state index is 0.634. The van der Waals surface area contributed by atoms with Crippen LogP contribution in [0, 0.1) is 5.92 Å². The van der Waals surface area contributed by atoms with Gasteiger partial charge in [-0.05, 0) is 13.0 Å². The highest BCUT2D eigenvalue weighted by Gasteiger charge is 1.77. The van der Waals surface area contributed by atoms with Crippen LogP contribution in [0.3, 0.4) is 0 Å². The van der Waals surface area contributed by atoms with Crippen LogP contribution in [0.4, 0.5) is 0 Å². The summed E-state index contributed by atoms with van der Waals surface area (Å²) in [7, 11) is 1.95. The van der Waals surface area contributed by atoms with E-state index < -0.39 is 0 Å². The summed E-state index contributed by atoms with van der Waals surface area (Å²) in [6.45, 7) is 16.0. The van der Waals surface area contributed by atoms with Crippen molar-refractivity contribution in [2.75, 3.05) is 7.05 Å². The normalized spacial score (nSPS) is 8.08. The summed E-state index contributed by atoms with van der Waals surface area (Å²) >= 11 is 0. The van der Waals surface area contributed by atoms with Gasteiger partial charge in [0.1, 0.15) is 0 Å². The van der Waals surface area contributed by atoms with Crippen LogP contribution < -0.4 is 5.32 Å². The Morgan fingerprint density at radius 2 is 1.25 bits per heavy atom. The third-order valence-electron chi connectivity index (χ3n) is 1.05. The van der Waals surface area contributed by atoms with E-state index in [0.717, 1.165) is 0 Å². The van der Waals surface area contributed by atoms with Crippen LogP contribution in [-0.2, 0) is 0 Å². The van der Waals surface area contributed by atoms with Gasteiger partial charge in [-0.2, -0.15) is 0 Å². The van der Waals surface area contributed by atoms with Crippen molar-refractivity contribution in [1.29, 1.82) is 0 Å². The molecule has 12 heavy (non-hydrogen) atoms. The zero-order chi connectivity index (χ0) is 10.6. The molecule has 0 atom stereocenters. The van der Waals surface area contributed by atoms with E-state index in [4.69, 9.17) is 0 Å². The Morgan fingerprint density at radius 3 is 1.25 bits per heavy atom. The van der Waals surface area contributed by atoms with Crippen molar-refractivity contribution in [3.05, 3.63) is 12.7 Å². The van der Waals surface area contributed by atoms with Crippen molar-refractivity contribution in [3.63, 3.8) is 0 Å². The molecule has 0 aromatic rings. The van der Waals surface area contributed by atoms with E-state index in [1.807, 2.05) is 27.0 Å².